The van der Waals surface area contributed by atoms with E-state index in [1.54, 1.807) is 0 Å². The number of amides is 1. The van der Waals surface area contributed by atoms with Crippen molar-refractivity contribution in [3.05, 3.63) is 59.2 Å². The summed E-state index contributed by atoms with van der Waals surface area (Å²) in [5.74, 6) is -3.06. The number of nitrogens with one attached hydrogen (secondary N) is 1. The Labute approximate surface area is 211 Å². The van der Waals surface area contributed by atoms with Gasteiger partial charge >= 0.3 is 6.18 Å². The van der Waals surface area contributed by atoms with Crippen molar-refractivity contribution in [2.75, 3.05) is 13.2 Å². The van der Waals surface area contributed by atoms with Crippen LogP contribution in [0.1, 0.15) is 49.7 Å². The number of carbonyl (C=O) groups excluding carboxylic acids is 1. The molecule has 2 saturated carbocycles. The fraction of sp³-hybridized carbons (Fsp3) is 0.500. The summed E-state index contributed by atoms with van der Waals surface area (Å²) in [4.78, 5) is 12.0. The minimum absolute atomic E-state index is 0.127. The molecular formula is C26H26F5NO4S. The number of fused-ring (bicyclic) bond motifs is 3. The van der Waals surface area contributed by atoms with Crippen LogP contribution in [0.25, 0.3) is 0 Å². The van der Waals surface area contributed by atoms with Gasteiger partial charge in [0.1, 0.15) is 10.6 Å². The van der Waals surface area contributed by atoms with E-state index in [1.165, 1.54) is 0 Å². The highest BCUT2D eigenvalue weighted by molar-refractivity contribution is 7.92. The van der Waals surface area contributed by atoms with Crippen LogP contribution in [0.5, 0.6) is 5.75 Å². The summed E-state index contributed by atoms with van der Waals surface area (Å²) in [6, 6.07) is 4.72. The number of ether oxygens (including phenoxy) is 1. The Hall–Kier alpha value is -2.69. The maximum absolute atomic E-state index is 15.3. The van der Waals surface area contributed by atoms with Gasteiger partial charge in [0.05, 0.1) is 22.6 Å². The number of rotatable bonds is 6. The molecule has 200 valence electrons. The lowest BCUT2D eigenvalue weighted by atomic mass is 9.68. The van der Waals surface area contributed by atoms with Crippen LogP contribution < -0.4 is 10.1 Å². The van der Waals surface area contributed by atoms with Gasteiger partial charge in [-0.05, 0) is 80.3 Å². The zero-order valence-corrected chi connectivity index (χ0v) is 20.6. The second-order valence-corrected chi connectivity index (χ2v) is 12.5. The third-order valence-electron chi connectivity index (χ3n) is 7.84. The molecule has 0 bridgehead atoms. The predicted molar refractivity (Wildman–Crippen MR) is 123 cm³/mol. The quantitative estimate of drug-likeness (QED) is 0.497. The van der Waals surface area contributed by atoms with Gasteiger partial charge < -0.3 is 10.1 Å². The average Bonchev–Trinajstić information content (AvgIpc) is 3.68. The fourth-order valence-electron chi connectivity index (χ4n) is 5.74. The third kappa shape index (κ3) is 4.59. The highest BCUT2D eigenvalue weighted by Gasteiger charge is 2.59. The van der Waals surface area contributed by atoms with E-state index in [0.717, 1.165) is 37.1 Å². The molecule has 0 radical (unpaired) electrons. The smallest absolute Gasteiger partial charge is 0.416 e. The lowest BCUT2D eigenvalue weighted by molar-refractivity contribution is -0.137. The molecule has 0 saturated heterocycles. The number of benzene rings is 2. The van der Waals surface area contributed by atoms with Crippen LogP contribution in [0.3, 0.4) is 0 Å². The molecule has 0 spiro atoms. The Morgan fingerprint density at radius 2 is 1.68 bits per heavy atom. The molecule has 2 aliphatic carbocycles. The van der Waals surface area contributed by atoms with Gasteiger partial charge in [0.2, 0.25) is 5.91 Å². The summed E-state index contributed by atoms with van der Waals surface area (Å²) in [5.41, 5.74) is -1.45. The summed E-state index contributed by atoms with van der Waals surface area (Å²) in [5, 5.41) is 2.89. The van der Waals surface area contributed by atoms with Crippen molar-refractivity contribution in [1.29, 1.82) is 0 Å². The second-order valence-electron chi connectivity index (χ2n) is 10.2. The van der Waals surface area contributed by atoms with E-state index >= 15 is 4.39 Å². The Kier molecular flexibility index (Phi) is 6.49. The van der Waals surface area contributed by atoms with Crippen molar-refractivity contribution in [3.8, 4) is 5.75 Å². The van der Waals surface area contributed by atoms with Gasteiger partial charge in [-0.1, -0.05) is 0 Å². The Morgan fingerprint density at radius 3 is 2.32 bits per heavy atom. The number of alkyl halides is 3. The highest BCUT2D eigenvalue weighted by Crippen LogP contribution is 2.57. The average molecular weight is 544 g/mol. The van der Waals surface area contributed by atoms with Gasteiger partial charge in [0.25, 0.3) is 0 Å². The molecule has 0 aromatic heterocycles. The number of hydrogen-bond donors (Lipinski definition) is 1. The molecule has 1 N–H and O–H groups in total. The summed E-state index contributed by atoms with van der Waals surface area (Å²) in [6.45, 7) is 0.371. The lowest BCUT2D eigenvalue weighted by Crippen LogP contribution is -2.52. The van der Waals surface area contributed by atoms with Crippen molar-refractivity contribution in [1.82, 2.24) is 5.32 Å². The first-order chi connectivity index (χ1) is 17.4. The van der Waals surface area contributed by atoms with Gasteiger partial charge in [0.15, 0.2) is 21.4 Å². The number of carbonyl (C=O) groups is 1. The first-order valence-corrected chi connectivity index (χ1v) is 13.7. The molecule has 3 atom stereocenters. The zero-order valence-electron chi connectivity index (χ0n) is 19.8. The minimum atomic E-state index is -4.66. The number of halogens is 5. The molecule has 2 aromatic carbocycles. The summed E-state index contributed by atoms with van der Waals surface area (Å²) in [7, 11) is -4.52. The maximum Gasteiger partial charge on any atom is 0.416 e. The van der Waals surface area contributed by atoms with Crippen molar-refractivity contribution in [2.24, 2.45) is 17.8 Å². The van der Waals surface area contributed by atoms with Gasteiger partial charge in [0, 0.05) is 18.9 Å². The van der Waals surface area contributed by atoms with Crippen LogP contribution in [0.15, 0.2) is 41.3 Å². The first-order valence-electron chi connectivity index (χ1n) is 12.2. The number of sulfone groups is 1. The standard InChI is InChI=1S/C26H26F5NO4S/c27-20-7-8-21(28)24-23(20)25(37(34,35)19-5-3-17(4-6-19)26(29,30)31)10-9-16(11-18(25)14-36-24)12-22(33)32-13-15-1-2-15/h3-8,15-16,18H,1-2,9-14H2,(H,32,33)/t16-,18-,25+/m1/s1. The van der Waals surface area contributed by atoms with Gasteiger partial charge in [-0.25, -0.2) is 17.2 Å². The minimum Gasteiger partial charge on any atom is -0.490 e. The summed E-state index contributed by atoms with van der Waals surface area (Å²) >= 11 is 0. The lowest BCUT2D eigenvalue weighted by Gasteiger charge is -2.49. The van der Waals surface area contributed by atoms with E-state index in [1.807, 2.05) is 0 Å². The molecule has 1 aliphatic heterocycles. The van der Waals surface area contributed by atoms with Gasteiger partial charge in [-0.15, -0.1) is 0 Å². The van der Waals surface area contributed by atoms with Crippen LogP contribution in [0, 0.1) is 29.4 Å². The largest absolute Gasteiger partial charge is 0.490 e. The van der Waals surface area contributed by atoms with E-state index < -0.39 is 60.1 Å². The molecular weight excluding hydrogens is 517 g/mol. The van der Waals surface area contributed by atoms with Crippen molar-refractivity contribution in [3.63, 3.8) is 0 Å². The van der Waals surface area contributed by atoms with Crippen molar-refractivity contribution in [2.45, 2.75) is 54.3 Å². The van der Waals surface area contributed by atoms with Crippen molar-refractivity contribution >= 4 is 15.7 Å². The molecule has 1 amide bonds. The van der Waals surface area contributed by atoms with Gasteiger partial charge in [-0.3, -0.25) is 4.79 Å². The first kappa shape index (κ1) is 25.9. The zero-order chi connectivity index (χ0) is 26.6. The molecule has 0 unspecified atom stereocenters. The van der Waals surface area contributed by atoms with E-state index in [4.69, 9.17) is 4.74 Å². The maximum atomic E-state index is 15.3. The van der Waals surface area contributed by atoms with Crippen LogP contribution >= 0.6 is 0 Å². The normalized spacial score (nSPS) is 25.5. The third-order valence-corrected chi connectivity index (χ3v) is 10.4. The molecule has 2 fully saturated rings. The van der Waals surface area contributed by atoms with E-state index in [-0.39, 0.29) is 44.1 Å². The molecule has 1 heterocycles. The SMILES string of the molecule is O=C(C[C@@H]1CC[C@@]2(S(=O)(=O)c3ccc(C(F)(F)F)cc3)c3c(F)ccc(F)c3OC[C@H]2C1)NCC1CC1. The number of hydrogen-bond acceptors (Lipinski definition) is 4. The van der Waals surface area contributed by atoms with Crippen LogP contribution in [-0.4, -0.2) is 27.5 Å². The van der Waals surface area contributed by atoms with Gasteiger partial charge in [-0.2, -0.15) is 13.2 Å². The monoisotopic (exact) mass is 543 g/mol. The Morgan fingerprint density at radius 1 is 1.00 bits per heavy atom. The van der Waals surface area contributed by atoms with Crippen LogP contribution in [0.2, 0.25) is 0 Å². The summed E-state index contributed by atoms with van der Waals surface area (Å²) in [6.07, 6.45) is -2.03. The predicted octanol–water partition coefficient (Wildman–Crippen LogP) is 5.38. The van der Waals surface area contributed by atoms with Crippen LogP contribution in [-0.2, 0) is 25.6 Å². The molecule has 5 rings (SSSR count). The molecule has 3 aliphatic rings. The fourth-order valence-corrected chi connectivity index (χ4v) is 8.10. The Bertz CT molecular complexity index is 1310. The summed E-state index contributed by atoms with van der Waals surface area (Å²) < 4.78 is 101. The Balaban J connectivity index is 1.53. The molecule has 11 heteroatoms. The van der Waals surface area contributed by atoms with E-state index in [9.17, 15) is 30.8 Å². The molecule has 37 heavy (non-hydrogen) atoms. The van der Waals surface area contributed by atoms with E-state index in [2.05, 4.69) is 5.32 Å². The second kappa shape index (κ2) is 9.25. The van der Waals surface area contributed by atoms with Crippen LogP contribution in [0.4, 0.5) is 22.0 Å². The highest BCUT2D eigenvalue weighted by atomic mass is 32.2. The molecule has 5 nitrogen and oxygen atoms in total. The molecule has 2 aromatic rings. The van der Waals surface area contributed by atoms with Crippen molar-refractivity contribution < 1.29 is 39.9 Å². The topological polar surface area (TPSA) is 72.5 Å². The van der Waals surface area contributed by atoms with E-state index in [0.29, 0.717) is 24.6 Å².